The Balaban J connectivity index is 4.33. The van der Waals surface area contributed by atoms with E-state index < -0.39 is 6.10 Å². The minimum atomic E-state index is -0.756. The second kappa shape index (κ2) is 38.2. The van der Waals surface area contributed by atoms with Crippen LogP contribution in [-0.4, -0.2) is 37.2 Å². The summed E-state index contributed by atoms with van der Waals surface area (Å²) in [7, 11) is 0. The number of hydrogen-bond acceptors (Lipinski definition) is 6. The average molecular weight is 681 g/mol. The monoisotopic (exact) mass is 681 g/mol. The molecule has 0 aliphatic carbocycles. The van der Waals surface area contributed by atoms with Gasteiger partial charge in [-0.05, 0) is 19.3 Å². The molecule has 0 aromatic carbocycles. The van der Waals surface area contributed by atoms with E-state index in [0.29, 0.717) is 19.3 Å². The maximum Gasteiger partial charge on any atom is 0.306 e. The molecule has 0 rings (SSSR count). The molecule has 0 aliphatic rings. The highest BCUT2D eigenvalue weighted by Gasteiger charge is 2.19. The first-order valence-electron chi connectivity index (χ1n) is 21.0. The zero-order valence-corrected chi connectivity index (χ0v) is 32.3. The molecule has 0 aliphatic heterocycles. The van der Waals surface area contributed by atoms with E-state index in [4.69, 9.17) is 14.2 Å². The zero-order chi connectivity index (χ0) is 35.2. The number of esters is 3. The molecule has 0 spiro atoms. The van der Waals surface area contributed by atoms with Gasteiger partial charge in [-0.3, -0.25) is 14.4 Å². The van der Waals surface area contributed by atoms with Crippen molar-refractivity contribution in [3.8, 4) is 0 Å². The summed E-state index contributed by atoms with van der Waals surface area (Å²) in [5.41, 5.74) is 0. The molecule has 48 heavy (non-hydrogen) atoms. The number of ether oxygens (including phenoxy) is 3. The van der Waals surface area contributed by atoms with Gasteiger partial charge in [0.1, 0.15) is 13.2 Å². The molecule has 0 N–H and O–H groups in total. The van der Waals surface area contributed by atoms with Crippen LogP contribution in [0.4, 0.5) is 0 Å². The van der Waals surface area contributed by atoms with Crippen LogP contribution in [0.25, 0.3) is 0 Å². The normalized spacial score (nSPS) is 11.8. The quantitative estimate of drug-likeness (QED) is 0.0367. The lowest BCUT2D eigenvalue weighted by Crippen LogP contribution is -2.30. The molecule has 0 aromatic heterocycles. The van der Waals surface area contributed by atoms with Gasteiger partial charge in [0.15, 0.2) is 6.10 Å². The van der Waals surface area contributed by atoms with Gasteiger partial charge in [-0.25, -0.2) is 0 Å². The first-order valence-corrected chi connectivity index (χ1v) is 21.0. The molecule has 6 nitrogen and oxygen atoms in total. The summed E-state index contributed by atoms with van der Waals surface area (Å²) in [5, 5.41) is 0. The van der Waals surface area contributed by atoms with E-state index in [0.717, 1.165) is 57.8 Å². The Bertz CT molecular complexity index is 708. The van der Waals surface area contributed by atoms with Crippen LogP contribution >= 0.6 is 0 Å². The van der Waals surface area contributed by atoms with E-state index in [1.54, 1.807) is 0 Å². The van der Waals surface area contributed by atoms with Crippen LogP contribution in [0.1, 0.15) is 233 Å². The molecule has 0 aromatic rings. The maximum atomic E-state index is 12.6. The summed E-state index contributed by atoms with van der Waals surface area (Å²) >= 11 is 0. The predicted octanol–water partition coefficient (Wildman–Crippen LogP) is 12.9. The van der Waals surface area contributed by atoms with Gasteiger partial charge < -0.3 is 14.2 Å². The van der Waals surface area contributed by atoms with E-state index in [-0.39, 0.29) is 31.1 Å². The highest BCUT2D eigenvalue weighted by atomic mass is 16.6. The van der Waals surface area contributed by atoms with Gasteiger partial charge in [0.2, 0.25) is 0 Å². The van der Waals surface area contributed by atoms with Gasteiger partial charge in [-0.15, -0.1) is 0 Å². The van der Waals surface area contributed by atoms with Gasteiger partial charge in [0.05, 0.1) is 0 Å². The van der Waals surface area contributed by atoms with Crippen molar-refractivity contribution in [2.75, 3.05) is 13.2 Å². The second-order valence-corrected chi connectivity index (χ2v) is 14.3. The smallest absolute Gasteiger partial charge is 0.306 e. The summed E-state index contributed by atoms with van der Waals surface area (Å²) in [6, 6.07) is 0. The fourth-order valence-corrected chi connectivity index (χ4v) is 6.15. The topological polar surface area (TPSA) is 78.9 Å². The van der Waals surface area contributed by atoms with Crippen molar-refractivity contribution in [3.63, 3.8) is 0 Å². The Labute approximate surface area is 298 Å². The van der Waals surface area contributed by atoms with E-state index in [9.17, 15) is 14.4 Å². The number of carbonyl (C=O) groups excluding carboxylic acids is 3. The van der Waals surface area contributed by atoms with Gasteiger partial charge in [0.25, 0.3) is 0 Å². The van der Waals surface area contributed by atoms with Crippen LogP contribution in [0.5, 0.6) is 0 Å². The largest absolute Gasteiger partial charge is 0.462 e. The highest BCUT2D eigenvalue weighted by molar-refractivity contribution is 5.71. The first-order chi connectivity index (χ1) is 23.5. The minimum absolute atomic E-state index is 0.0635. The first kappa shape index (κ1) is 46.4. The van der Waals surface area contributed by atoms with Gasteiger partial charge in [-0.1, -0.05) is 194 Å². The van der Waals surface area contributed by atoms with E-state index in [1.165, 1.54) is 135 Å². The zero-order valence-electron chi connectivity index (χ0n) is 32.3. The Kier molecular flexibility index (Phi) is 36.9. The summed E-state index contributed by atoms with van der Waals surface area (Å²) in [6.07, 6.45) is 36.5. The molecule has 0 bridgehead atoms. The third kappa shape index (κ3) is 35.7. The summed E-state index contributed by atoms with van der Waals surface area (Å²) < 4.78 is 16.6. The Morgan fingerprint density at radius 3 is 0.833 bits per heavy atom. The molecule has 0 saturated carbocycles. The number of carbonyl (C=O) groups is 3. The minimum Gasteiger partial charge on any atom is -0.462 e. The van der Waals surface area contributed by atoms with E-state index >= 15 is 0 Å². The van der Waals surface area contributed by atoms with Gasteiger partial charge in [-0.2, -0.15) is 0 Å². The molecular weight excluding hydrogens is 600 g/mol. The van der Waals surface area contributed by atoms with Crippen LogP contribution in [0, 0.1) is 0 Å². The number of hydrogen-bond donors (Lipinski definition) is 0. The number of unbranched alkanes of at least 4 members (excludes halogenated alkanes) is 27. The van der Waals surface area contributed by atoms with Crippen LogP contribution in [-0.2, 0) is 28.6 Å². The molecule has 0 radical (unpaired) electrons. The maximum absolute atomic E-state index is 12.6. The van der Waals surface area contributed by atoms with Crippen molar-refractivity contribution in [2.24, 2.45) is 0 Å². The number of rotatable bonds is 38. The van der Waals surface area contributed by atoms with Crippen molar-refractivity contribution in [2.45, 2.75) is 239 Å². The van der Waals surface area contributed by atoms with Crippen molar-refractivity contribution in [1.29, 1.82) is 0 Å². The average Bonchev–Trinajstić information content (AvgIpc) is 3.08. The third-order valence-corrected chi connectivity index (χ3v) is 9.36. The standard InChI is InChI=1S/C42H80O6/c1-4-7-10-13-16-19-21-24-26-29-32-35-41(44)47-38-39(37-46-40(43)34-31-28-25-22-18-15-12-9-6-3)48-42(45)36-33-30-27-23-20-17-14-11-8-5-2/h39H,4-38H2,1-3H3. The van der Waals surface area contributed by atoms with Crippen molar-refractivity contribution >= 4 is 17.9 Å². The van der Waals surface area contributed by atoms with Crippen LogP contribution < -0.4 is 0 Å². The fraction of sp³-hybridized carbons (Fsp3) is 0.929. The molecular formula is C42H80O6. The molecule has 284 valence electrons. The predicted molar refractivity (Wildman–Crippen MR) is 201 cm³/mol. The second-order valence-electron chi connectivity index (χ2n) is 14.3. The lowest BCUT2D eigenvalue weighted by atomic mass is 10.1. The highest BCUT2D eigenvalue weighted by Crippen LogP contribution is 2.15. The Morgan fingerprint density at radius 2 is 0.562 bits per heavy atom. The summed E-state index contributed by atoms with van der Waals surface area (Å²) in [6.45, 7) is 6.60. The van der Waals surface area contributed by atoms with Crippen molar-refractivity contribution < 1.29 is 28.6 Å². The summed E-state index contributed by atoms with van der Waals surface area (Å²) in [4.78, 5) is 37.5. The molecule has 6 heteroatoms. The Hall–Kier alpha value is -1.59. The SMILES string of the molecule is CCCCCCCCCCCCCC(=O)OCC(COC(=O)CCCCCCCCCCC)OC(=O)CCCCCCCCCCCC. The van der Waals surface area contributed by atoms with Crippen molar-refractivity contribution in [3.05, 3.63) is 0 Å². The third-order valence-electron chi connectivity index (χ3n) is 9.36. The van der Waals surface area contributed by atoms with Gasteiger partial charge in [0, 0.05) is 19.3 Å². The van der Waals surface area contributed by atoms with Gasteiger partial charge >= 0.3 is 17.9 Å². The van der Waals surface area contributed by atoms with E-state index in [1.807, 2.05) is 0 Å². The van der Waals surface area contributed by atoms with E-state index in [2.05, 4.69) is 20.8 Å². The lowest BCUT2D eigenvalue weighted by molar-refractivity contribution is -0.167. The fourth-order valence-electron chi connectivity index (χ4n) is 6.15. The van der Waals surface area contributed by atoms with Crippen molar-refractivity contribution in [1.82, 2.24) is 0 Å². The molecule has 0 heterocycles. The molecule has 1 atom stereocenters. The lowest BCUT2D eigenvalue weighted by Gasteiger charge is -2.18. The molecule has 0 amide bonds. The van der Waals surface area contributed by atoms with Crippen LogP contribution in [0.15, 0.2) is 0 Å². The van der Waals surface area contributed by atoms with Crippen LogP contribution in [0.2, 0.25) is 0 Å². The Morgan fingerprint density at radius 1 is 0.333 bits per heavy atom. The molecule has 0 fully saturated rings. The molecule has 0 saturated heterocycles. The van der Waals surface area contributed by atoms with Crippen LogP contribution in [0.3, 0.4) is 0 Å². The summed E-state index contributed by atoms with van der Waals surface area (Å²) in [5.74, 6) is -0.861. The molecule has 1 unspecified atom stereocenters.